The maximum Gasteiger partial charge on any atom is 0.335 e. The van der Waals surface area contributed by atoms with Crippen LogP contribution in [0, 0.1) is 17.8 Å². The molecule has 4 unspecified atom stereocenters. The average Bonchev–Trinajstić information content (AvgIpc) is 3.08. The highest BCUT2D eigenvalue weighted by molar-refractivity contribution is 9.10. The first-order valence-corrected chi connectivity index (χ1v) is 8.59. The van der Waals surface area contributed by atoms with Crippen LogP contribution in [-0.4, -0.2) is 17.1 Å². The molecule has 2 saturated carbocycles. The maximum atomic E-state index is 10.9. The molecule has 0 aromatic heterocycles. The Bertz CT molecular complexity index is 546. The Morgan fingerprint density at radius 3 is 2.81 bits per heavy atom. The van der Waals surface area contributed by atoms with E-state index in [1.807, 2.05) is 6.07 Å². The molecule has 114 valence electrons. The summed E-state index contributed by atoms with van der Waals surface area (Å²) in [5.41, 5.74) is 1.45. The zero-order valence-corrected chi connectivity index (χ0v) is 13.9. The Kier molecular flexibility index (Phi) is 4.36. The maximum absolute atomic E-state index is 10.9. The summed E-state index contributed by atoms with van der Waals surface area (Å²) >= 11 is 3.48. The number of benzene rings is 1. The van der Waals surface area contributed by atoms with Gasteiger partial charge in [0.25, 0.3) is 0 Å². The van der Waals surface area contributed by atoms with E-state index in [1.54, 1.807) is 12.1 Å². The van der Waals surface area contributed by atoms with E-state index in [-0.39, 0.29) is 0 Å². The largest absolute Gasteiger partial charge is 0.478 e. The van der Waals surface area contributed by atoms with Gasteiger partial charge in [0.05, 0.1) is 5.56 Å². The van der Waals surface area contributed by atoms with Crippen molar-refractivity contribution in [1.29, 1.82) is 0 Å². The molecule has 2 fully saturated rings. The number of rotatable bonds is 5. The Morgan fingerprint density at radius 1 is 1.43 bits per heavy atom. The number of carboxylic acids is 1. The minimum atomic E-state index is -0.884. The molecule has 2 N–H and O–H groups in total. The van der Waals surface area contributed by atoms with Gasteiger partial charge < -0.3 is 10.4 Å². The second-order valence-electron chi connectivity index (χ2n) is 6.62. The fourth-order valence-electron chi connectivity index (χ4n) is 4.15. The topological polar surface area (TPSA) is 49.3 Å². The summed E-state index contributed by atoms with van der Waals surface area (Å²) in [6.45, 7) is 3.08. The molecule has 4 heteroatoms. The lowest BCUT2D eigenvalue weighted by Gasteiger charge is -2.28. The minimum absolute atomic E-state index is 0.326. The molecule has 1 aromatic rings. The third-order valence-electron chi connectivity index (χ3n) is 5.35. The van der Waals surface area contributed by atoms with Crippen LogP contribution in [-0.2, 0) is 6.54 Å². The zero-order valence-electron chi connectivity index (χ0n) is 12.3. The van der Waals surface area contributed by atoms with Crippen LogP contribution >= 0.6 is 15.9 Å². The quantitative estimate of drug-likeness (QED) is 0.840. The Morgan fingerprint density at radius 2 is 2.24 bits per heavy atom. The highest BCUT2D eigenvalue weighted by Gasteiger charge is 2.41. The second kappa shape index (κ2) is 6.09. The fourth-order valence-corrected chi connectivity index (χ4v) is 4.67. The van der Waals surface area contributed by atoms with Gasteiger partial charge in [0.2, 0.25) is 0 Å². The van der Waals surface area contributed by atoms with Crippen LogP contribution in [0.25, 0.3) is 0 Å². The number of fused-ring (bicyclic) bond motifs is 2. The van der Waals surface area contributed by atoms with E-state index in [2.05, 4.69) is 28.2 Å². The number of hydrogen-bond acceptors (Lipinski definition) is 2. The molecule has 0 spiro atoms. The highest BCUT2D eigenvalue weighted by Crippen LogP contribution is 2.49. The van der Waals surface area contributed by atoms with Crippen LogP contribution in [0.1, 0.15) is 48.5 Å². The van der Waals surface area contributed by atoms with Gasteiger partial charge in [-0.15, -0.1) is 0 Å². The number of carboxylic acid groups (broad SMARTS) is 1. The normalized spacial score (nSPS) is 28.8. The van der Waals surface area contributed by atoms with Crippen molar-refractivity contribution >= 4 is 21.9 Å². The second-order valence-corrected chi connectivity index (χ2v) is 7.47. The molecule has 1 aromatic carbocycles. The van der Waals surface area contributed by atoms with Crippen LogP contribution in [0.15, 0.2) is 22.7 Å². The molecule has 3 nitrogen and oxygen atoms in total. The smallest absolute Gasteiger partial charge is 0.335 e. The molecule has 0 radical (unpaired) electrons. The van der Waals surface area contributed by atoms with Gasteiger partial charge in [-0.3, -0.25) is 0 Å². The molecular formula is C17H22BrNO2. The van der Waals surface area contributed by atoms with Gasteiger partial charge in [0.1, 0.15) is 0 Å². The Balaban J connectivity index is 1.58. The summed E-state index contributed by atoms with van der Waals surface area (Å²) < 4.78 is 0.870. The van der Waals surface area contributed by atoms with E-state index in [4.69, 9.17) is 5.11 Å². The number of carbonyl (C=O) groups is 1. The lowest BCUT2D eigenvalue weighted by Crippen LogP contribution is -2.35. The van der Waals surface area contributed by atoms with E-state index in [9.17, 15) is 4.79 Å². The minimum Gasteiger partial charge on any atom is -0.478 e. The van der Waals surface area contributed by atoms with Crippen molar-refractivity contribution in [3.05, 3.63) is 33.8 Å². The molecule has 2 bridgehead atoms. The first-order chi connectivity index (χ1) is 10.0. The fraction of sp³-hybridized carbons (Fsp3) is 0.588. The summed E-state index contributed by atoms with van der Waals surface area (Å²) in [6, 6.07) is 5.79. The molecule has 21 heavy (non-hydrogen) atoms. The number of aromatic carboxylic acids is 1. The molecule has 3 rings (SSSR count). The Labute approximate surface area is 134 Å². The standard InChI is InChI=1S/C17H22BrNO2/c1-10(15-7-11-2-3-12(15)6-11)19-9-14-5-4-13(17(20)21)8-16(14)18/h4-5,8,10-12,15,19H,2-3,6-7,9H2,1H3,(H,20,21). The summed E-state index contributed by atoms with van der Waals surface area (Å²) in [4.78, 5) is 10.9. The van der Waals surface area contributed by atoms with Gasteiger partial charge in [-0.2, -0.15) is 0 Å². The first-order valence-electron chi connectivity index (χ1n) is 7.79. The van der Waals surface area contributed by atoms with Crippen molar-refractivity contribution in [3.8, 4) is 0 Å². The van der Waals surface area contributed by atoms with E-state index in [0.717, 1.165) is 34.3 Å². The monoisotopic (exact) mass is 351 g/mol. The van der Waals surface area contributed by atoms with E-state index in [1.165, 1.54) is 25.7 Å². The molecule has 0 saturated heterocycles. The lowest BCUT2D eigenvalue weighted by molar-refractivity contribution is 0.0697. The molecule has 2 aliphatic rings. The van der Waals surface area contributed by atoms with E-state index < -0.39 is 5.97 Å². The summed E-state index contributed by atoms with van der Waals surface area (Å²) in [5.74, 6) is 1.84. The third-order valence-corrected chi connectivity index (χ3v) is 6.09. The van der Waals surface area contributed by atoms with E-state index >= 15 is 0 Å². The van der Waals surface area contributed by atoms with Crippen molar-refractivity contribution in [2.75, 3.05) is 0 Å². The van der Waals surface area contributed by atoms with Crippen LogP contribution in [0.5, 0.6) is 0 Å². The average molecular weight is 352 g/mol. The lowest BCUT2D eigenvalue weighted by atomic mass is 9.84. The van der Waals surface area contributed by atoms with Crippen LogP contribution in [0.2, 0.25) is 0 Å². The molecule has 0 amide bonds. The molecule has 0 aliphatic heterocycles. The molecule has 2 aliphatic carbocycles. The SMILES string of the molecule is CC(NCc1ccc(C(=O)O)cc1Br)C1CC2CCC1C2. The zero-order chi connectivity index (χ0) is 15.0. The highest BCUT2D eigenvalue weighted by atomic mass is 79.9. The molecular weight excluding hydrogens is 330 g/mol. The summed E-state index contributed by atoms with van der Waals surface area (Å²) in [7, 11) is 0. The predicted octanol–water partition coefficient (Wildman–Crippen LogP) is 4.06. The first kappa shape index (κ1) is 15.0. The molecule has 0 heterocycles. The van der Waals surface area contributed by atoms with Crippen LogP contribution < -0.4 is 5.32 Å². The van der Waals surface area contributed by atoms with Gasteiger partial charge in [0.15, 0.2) is 0 Å². The van der Waals surface area contributed by atoms with Crippen molar-refractivity contribution < 1.29 is 9.90 Å². The van der Waals surface area contributed by atoms with Crippen molar-refractivity contribution in [3.63, 3.8) is 0 Å². The van der Waals surface area contributed by atoms with Crippen molar-refractivity contribution in [2.45, 2.75) is 45.2 Å². The Hall–Kier alpha value is -0.870. The predicted molar refractivity (Wildman–Crippen MR) is 86.3 cm³/mol. The van der Waals surface area contributed by atoms with E-state index in [0.29, 0.717) is 11.6 Å². The van der Waals surface area contributed by atoms with Crippen LogP contribution in [0.4, 0.5) is 0 Å². The third kappa shape index (κ3) is 3.16. The summed E-state index contributed by atoms with van der Waals surface area (Å²) in [5, 5.41) is 12.6. The van der Waals surface area contributed by atoms with Gasteiger partial charge in [0, 0.05) is 17.1 Å². The van der Waals surface area contributed by atoms with Crippen molar-refractivity contribution in [1.82, 2.24) is 5.32 Å². The molecule has 4 atom stereocenters. The number of hydrogen-bond donors (Lipinski definition) is 2. The summed E-state index contributed by atoms with van der Waals surface area (Å²) in [6.07, 6.45) is 5.68. The van der Waals surface area contributed by atoms with Crippen molar-refractivity contribution in [2.24, 2.45) is 17.8 Å². The number of nitrogens with one attached hydrogen (secondary N) is 1. The van der Waals surface area contributed by atoms with Gasteiger partial charge >= 0.3 is 5.97 Å². The van der Waals surface area contributed by atoms with Gasteiger partial charge in [-0.25, -0.2) is 4.79 Å². The number of halogens is 1. The van der Waals surface area contributed by atoms with Gasteiger partial charge in [-0.05, 0) is 61.6 Å². The van der Waals surface area contributed by atoms with Gasteiger partial charge in [-0.1, -0.05) is 28.4 Å². The van der Waals surface area contributed by atoms with Crippen LogP contribution in [0.3, 0.4) is 0 Å².